The van der Waals surface area contributed by atoms with Crippen LogP contribution in [0.5, 0.6) is 5.75 Å². The molecule has 0 unspecified atom stereocenters. The van der Waals surface area contributed by atoms with Crippen LogP contribution >= 0.6 is 11.5 Å². The Balaban J connectivity index is 2.20. The largest absolute Gasteiger partial charge is 0.573 e. The summed E-state index contributed by atoms with van der Waals surface area (Å²) < 4.78 is 43.3. The van der Waals surface area contributed by atoms with E-state index in [2.05, 4.69) is 14.1 Å². The quantitative estimate of drug-likeness (QED) is 0.941. The highest BCUT2D eigenvalue weighted by atomic mass is 32.1. The molecule has 1 aromatic carbocycles. The van der Waals surface area contributed by atoms with Crippen molar-refractivity contribution in [2.24, 2.45) is 0 Å². The molecule has 0 radical (unpaired) electrons. The first-order valence-corrected chi connectivity index (χ1v) is 5.56. The highest BCUT2D eigenvalue weighted by Crippen LogP contribution is 2.25. The smallest absolute Gasteiger partial charge is 0.476 e. The number of carboxylic acid groups (broad SMARTS) is 1. The van der Waals surface area contributed by atoms with Crippen molar-refractivity contribution in [2.75, 3.05) is 0 Å². The number of carbonyl (C=O) groups is 1. The summed E-state index contributed by atoms with van der Waals surface area (Å²) in [4.78, 5) is 14.3. The molecule has 1 aromatic heterocycles. The number of nitrogens with zero attached hydrogens (tertiary/aromatic N) is 2. The lowest BCUT2D eigenvalue weighted by atomic mass is 10.2. The van der Waals surface area contributed by atoms with Crippen molar-refractivity contribution in [3.63, 3.8) is 0 Å². The number of benzene rings is 1. The second kappa shape index (κ2) is 4.84. The first kappa shape index (κ1) is 13.3. The maximum atomic E-state index is 11.9. The van der Waals surface area contributed by atoms with Crippen molar-refractivity contribution >= 4 is 17.5 Å². The summed E-state index contributed by atoms with van der Waals surface area (Å²) in [6, 6.07) is 4.83. The Labute approximate surface area is 108 Å². The number of hydrogen-bond acceptors (Lipinski definition) is 5. The molecule has 0 saturated heterocycles. The molecule has 0 saturated carbocycles. The van der Waals surface area contributed by atoms with Crippen molar-refractivity contribution in [2.45, 2.75) is 6.36 Å². The predicted molar refractivity (Wildman–Crippen MR) is 59.0 cm³/mol. The monoisotopic (exact) mass is 290 g/mol. The van der Waals surface area contributed by atoms with Crippen molar-refractivity contribution in [1.29, 1.82) is 0 Å². The molecule has 19 heavy (non-hydrogen) atoms. The lowest BCUT2D eigenvalue weighted by Gasteiger charge is -2.08. The van der Waals surface area contributed by atoms with Crippen LogP contribution in [0.3, 0.4) is 0 Å². The average Bonchev–Trinajstić information content (AvgIpc) is 2.77. The third kappa shape index (κ3) is 3.41. The lowest BCUT2D eigenvalue weighted by molar-refractivity contribution is -0.274. The van der Waals surface area contributed by atoms with E-state index in [1.807, 2.05) is 0 Å². The number of hydrogen-bond donors (Lipinski definition) is 1. The van der Waals surface area contributed by atoms with Gasteiger partial charge in [-0.3, -0.25) is 0 Å². The van der Waals surface area contributed by atoms with Crippen LogP contribution in [0.15, 0.2) is 24.3 Å². The standard InChI is InChI=1S/C10H5F3N2O3S/c11-10(12,13)18-6-3-1-5(2-4-6)7-14-8(9(16)17)19-15-7/h1-4H,(H,16,17). The summed E-state index contributed by atoms with van der Waals surface area (Å²) >= 11 is 0.695. The van der Waals surface area contributed by atoms with E-state index >= 15 is 0 Å². The number of alkyl halides is 3. The summed E-state index contributed by atoms with van der Waals surface area (Å²) in [5.41, 5.74) is 0.401. The van der Waals surface area contributed by atoms with Crippen LogP contribution < -0.4 is 4.74 Å². The molecule has 0 atom stereocenters. The molecule has 0 bridgehead atoms. The number of ether oxygens (including phenoxy) is 1. The molecule has 2 rings (SSSR count). The van der Waals surface area contributed by atoms with Gasteiger partial charge in [0.15, 0.2) is 5.82 Å². The van der Waals surface area contributed by atoms with Crippen LogP contribution in [0.1, 0.15) is 9.80 Å². The Kier molecular flexibility index (Phi) is 3.38. The third-order valence-electron chi connectivity index (χ3n) is 1.96. The third-order valence-corrected chi connectivity index (χ3v) is 2.66. The Bertz CT molecular complexity index is 595. The fourth-order valence-electron chi connectivity index (χ4n) is 1.23. The molecule has 0 aliphatic heterocycles. The first-order valence-electron chi connectivity index (χ1n) is 4.78. The topological polar surface area (TPSA) is 72.3 Å². The van der Waals surface area contributed by atoms with Gasteiger partial charge < -0.3 is 9.84 Å². The normalized spacial score (nSPS) is 11.3. The Morgan fingerprint density at radius 2 is 1.89 bits per heavy atom. The highest BCUT2D eigenvalue weighted by molar-refractivity contribution is 7.07. The van der Waals surface area contributed by atoms with E-state index < -0.39 is 12.3 Å². The average molecular weight is 290 g/mol. The van der Waals surface area contributed by atoms with Gasteiger partial charge in [-0.25, -0.2) is 9.78 Å². The molecule has 2 aromatic rings. The SMILES string of the molecule is O=C(O)c1nc(-c2ccc(OC(F)(F)F)cc2)ns1. The molecule has 1 heterocycles. The van der Waals surface area contributed by atoms with E-state index in [0.29, 0.717) is 17.1 Å². The molecular formula is C10H5F3N2O3S. The van der Waals surface area contributed by atoms with Gasteiger partial charge in [-0.2, -0.15) is 4.37 Å². The van der Waals surface area contributed by atoms with Crippen LogP contribution in [0.4, 0.5) is 13.2 Å². The summed E-state index contributed by atoms with van der Waals surface area (Å²) in [5, 5.41) is 8.49. The summed E-state index contributed by atoms with van der Waals surface area (Å²) in [5.74, 6) is -1.44. The zero-order valence-corrected chi connectivity index (χ0v) is 9.83. The van der Waals surface area contributed by atoms with Crippen LogP contribution in [-0.2, 0) is 0 Å². The van der Waals surface area contributed by atoms with Crippen LogP contribution in [0, 0.1) is 0 Å². The van der Waals surface area contributed by atoms with Crippen LogP contribution in [0.25, 0.3) is 11.4 Å². The maximum Gasteiger partial charge on any atom is 0.573 e. The van der Waals surface area contributed by atoms with Crippen LogP contribution in [-0.4, -0.2) is 26.8 Å². The summed E-state index contributed by atoms with van der Waals surface area (Å²) in [7, 11) is 0. The minimum atomic E-state index is -4.75. The summed E-state index contributed by atoms with van der Waals surface area (Å²) in [6.45, 7) is 0. The molecule has 0 aliphatic carbocycles. The van der Waals surface area contributed by atoms with Gasteiger partial charge in [-0.05, 0) is 35.8 Å². The first-order chi connectivity index (χ1) is 8.85. The second-order valence-electron chi connectivity index (χ2n) is 3.30. The fraction of sp³-hybridized carbons (Fsp3) is 0.100. The minimum absolute atomic E-state index is 0.140. The number of aromatic carboxylic acids is 1. The van der Waals surface area contributed by atoms with Gasteiger partial charge in [0.05, 0.1) is 0 Å². The lowest BCUT2D eigenvalue weighted by Crippen LogP contribution is -2.16. The van der Waals surface area contributed by atoms with Crippen molar-refractivity contribution < 1.29 is 27.8 Å². The van der Waals surface area contributed by atoms with Gasteiger partial charge in [-0.1, -0.05) is 0 Å². The number of halogens is 3. The Morgan fingerprint density at radius 3 is 2.37 bits per heavy atom. The van der Waals surface area contributed by atoms with Gasteiger partial charge >= 0.3 is 12.3 Å². The molecule has 100 valence electrons. The van der Waals surface area contributed by atoms with E-state index in [1.54, 1.807) is 0 Å². The Hall–Kier alpha value is -2.16. The number of carboxylic acids is 1. The van der Waals surface area contributed by atoms with Gasteiger partial charge in [0.1, 0.15) is 5.75 Å². The number of rotatable bonds is 3. The van der Waals surface area contributed by atoms with Crippen LogP contribution in [0.2, 0.25) is 0 Å². The van der Waals surface area contributed by atoms with Gasteiger partial charge in [0.2, 0.25) is 5.01 Å². The second-order valence-corrected chi connectivity index (χ2v) is 4.05. The maximum absolute atomic E-state index is 11.9. The van der Waals surface area contributed by atoms with Crippen molar-refractivity contribution in [1.82, 2.24) is 9.36 Å². The van der Waals surface area contributed by atoms with Gasteiger partial charge in [0, 0.05) is 5.56 Å². The molecule has 5 nitrogen and oxygen atoms in total. The Morgan fingerprint density at radius 1 is 1.26 bits per heavy atom. The molecule has 0 fully saturated rings. The van der Waals surface area contributed by atoms with E-state index in [9.17, 15) is 18.0 Å². The summed E-state index contributed by atoms with van der Waals surface area (Å²) in [6.07, 6.45) is -4.75. The molecule has 0 aliphatic rings. The van der Waals surface area contributed by atoms with Gasteiger partial charge in [0.25, 0.3) is 0 Å². The fourth-order valence-corrected chi connectivity index (χ4v) is 1.76. The molecule has 0 amide bonds. The van der Waals surface area contributed by atoms with Crippen molar-refractivity contribution in [3.8, 4) is 17.1 Å². The molecule has 0 spiro atoms. The molecule has 1 N–H and O–H groups in total. The predicted octanol–water partition coefficient (Wildman–Crippen LogP) is 2.80. The zero-order valence-electron chi connectivity index (χ0n) is 9.01. The van der Waals surface area contributed by atoms with E-state index in [4.69, 9.17) is 5.11 Å². The van der Waals surface area contributed by atoms with E-state index in [0.717, 1.165) is 12.1 Å². The molecular weight excluding hydrogens is 285 g/mol. The number of aromatic nitrogens is 2. The van der Waals surface area contributed by atoms with E-state index in [1.165, 1.54) is 12.1 Å². The van der Waals surface area contributed by atoms with Gasteiger partial charge in [-0.15, -0.1) is 13.2 Å². The minimum Gasteiger partial charge on any atom is -0.476 e. The molecule has 9 heteroatoms. The highest BCUT2D eigenvalue weighted by Gasteiger charge is 2.31. The zero-order chi connectivity index (χ0) is 14.0. The van der Waals surface area contributed by atoms with E-state index in [-0.39, 0.29) is 16.6 Å². The van der Waals surface area contributed by atoms with Crippen molar-refractivity contribution in [3.05, 3.63) is 29.3 Å².